The number of methoxy groups -OCH3 is 1. The number of fused-ring (bicyclic) bond motifs is 1. The van der Waals surface area contributed by atoms with Crippen LogP contribution in [-0.2, 0) is 6.61 Å². The van der Waals surface area contributed by atoms with Gasteiger partial charge in [0.1, 0.15) is 18.1 Å². The standard InChI is InChI=1S/C10H10O3/c1-12-8-3-2-7-6-13-10(5-11)9(7)4-8/h2-4,6,11H,5H2,1H3. The molecule has 1 heterocycles. The summed E-state index contributed by atoms with van der Waals surface area (Å²) in [6, 6.07) is 5.61. The van der Waals surface area contributed by atoms with Gasteiger partial charge in [0.25, 0.3) is 0 Å². The van der Waals surface area contributed by atoms with Gasteiger partial charge in [0.2, 0.25) is 0 Å². The van der Waals surface area contributed by atoms with Crippen molar-refractivity contribution in [3.05, 3.63) is 30.2 Å². The predicted molar refractivity (Wildman–Crippen MR) is 48.7 cm³/mol. The average molecular weight is 178 g/mol. The van der Waals surface area contributed by atoms with Gasteiger partial charge in [0, 0.05) is 10.8 Å². The van der Waals surface area contributed by atoms with Gasteiger partial charge in [0.15, 0.2) is 0 Å². The molecule has 0 saturated carbocycles. The van der Waals surface area contributed by atoms with Crippen molar-refractivity contribution in [1.29, 1.82) is 0 Å². The van der Waals surface area contributed by atoms with Crippen LogP contribution in [0.4, 0.5) is 0 Å². The molecule has 0 aliphatic carbocycles. The number of hydrogen-bond donors (Lipinski definition) is 1. The lowest BCUT2D eigenvalue weighted by Crippen LogP contribution is -1.83. The van der Waals surface area contributed by atoms with E-state index >= 15 is 0 Å². The van der Waals surface area contributed by atoms with Crippen LogP contribution >= 0.6 is 0 Å². The Morgan fingerprint density at radius 2 is 2.31 bits per heavy atom. The summed E-state index contributed by atoms with van der Waals surface area (Å²) >= 11 is 0. The number of furan rings is 1. The van der Waals surface area contributed by atoms with Gasteiger partial charge in [-0.05, 0) is 18.2 Å². The molecule has 1 N–H and O–H groups in total. The molecule has 3 nitrogen and oxygen atoms in total. The van der Waals surface area contributed by atoms with Crippen LogP contribution in [0, 0.1) is 0 Å². The third-order valence-corrected chi connectivity index (χ3v) is 2.03. The first-order valence-corrected chi connectivity index (χ1v) is 4.00. The van der Waals surface area contributed by atoms with E-state index in [2.05, 4.69) is 0 Å². The van der Waals surface area contributed by atoms with E-state index < -0.39 is 0 Å². The smallest absolute Gasteiger partial charge is 0.137 e. The van der Waals surface area contributed by atoms with E-state index in [0.717, 1.165) is 16.5 Å². The Hall–Kier alpha value is -1.48. The second-order valence-corrected chi connectivity index (χ2v) is 2.77. The highest BCUT2D eigenvalue weighted by atomic mass is 16.5. The third-order valence-electron chi connectivity index (χ3n) is 2.03. The molecule has 13 heavy (non-hydrogen) atoms. The van der Waals surface area contributed by atoms with Gasteiger partial charge in [-0.3, -0.25) is 0 Å². The highest BCUT2D eigenvalue weighted by Gasteiger charge is 2.05. The van der Waals surface area contributed by atoms with Crippen molar-refractivity contribution >= 4 is 10.8 Å². The molecule has 68 valence electrons. The largest absolute Gasteiger partial charge is 0.497 e. The summed E-state index contributed by atoms with van der Waals surface area (Å²) in [6.45, 7) is -0.0866. The van der Waals surface area contributed by atoms with Crippen molar-refractivity contribution in [2.24, 2.45) is 0 Å². The Labute approximate surface area is 75.5 Å². The Bertz CT molecular complexity index is 417. The zero-order valence-electron chi connectivity index (χ0n) is 7.28. The molecule has 2 aromatic rings. The first-order chi connectivity index (χ1) is 6.35. The second kappa shape index (κ2) is 3.11. The second-order valence-electron chi connectivity index (χ2n) is 2.77. The van der Waals surface area contributed by atoms with E-state index in [0.29, 0.717) is 5.76 Å². The zero-order chi connectivity index (χ0) is 9.26. The monoisotopic (exact) mass is 178 g/mol. The number of aliphatic hydroxyl groups is 1. The third kappa shape index (κ3) is 1.27. The number of rotatable bonds is 2. The summed E-state index contributed by atoms with van der Waals surface area (Å²) in [5.74, 6) is 1.34. The highest BCUT2D eigenvalue weighted by Crippen LogP contribution is 2.25. The lowest BCUT2D eigenvalue weighted by atomic mass is 10.2. The van der Waals surface area contributed by atoms with Gasteiger partial charge in [-0.25, -0.2) is 0 Å². The summed E-state index contributed by atoms with van der Waals surface area (Å²) in [7, 11) is 1.61. The van der Waals surface area contributed by atoms with Crippen LogP contribution in [-0.4, -0.2) is 12.2 Å². The van der Waals surface area contributed by atoms with E-state index in [1.807, 2.05) is 18.2 Å². The van der Waals surface area contributed by atoms with Crippen molar-refractivity contribution < 1.29 is 14.3 Å². The summed E-state index contributed by atoms with van der Waals surface area (Å²) in [5.41, 5.74) is 0. The first-order valence-electron chi connectivity index (χ1n) is 4.00. The lowest BCUT2D eigenvalue weighted by molar-refractivity contribution is 0.249. The maximum absolute atomic E-state index is 8.95. The van der Waals surface area contributed by atoms with E-state index in [1.54, 1.807) is 13.4 Å². The molecule has 0 aliphatic heterocycles. The number of hydrogen-bond acceptors (Lipinski definition) is 3. The zero-order valence-corrected chi connectivity index (χ0v) is 7.28. The molecule has 0 unspecified atom stereocenters. The molecule has 3 heteroatoms. The van der Waals surface area contributed by atoms with Crippen LogP contribution in [0.1, 0.15) is 5.76 Å². The first kappa shape index (κ1) is 8.13. The van der Waals surface area contributed by atoms with E-state index in [-0.39, 0.29) is 6.61 Å². The number of aliphatic hydroxyl groups excluding tert-OH is 1. The molecule has 0 aliphatic rings. The van der Waals surface area contributed by atoms with E-state index in [1.165, 1.54) is 0 Å². The van der Waals surface area contributed by atoms with Gasteiger partial charge in [-0.2, -0.15) is 0 Å². The van der Waals surface area contributed by atoms with Crippen molar-refractivity contribution in [2.45, 2.75) is 6.61 Å². The Morgan fingerprint density at radius 1 is 1.46 bits per heavy atom. The molecule has 0 fully saturated rings. The summed E-state index contributed by atoms with van der Waals surface area (Å²) < 4.78 is 10.2. The van der Waals surface area contributed by atoms with Crippen LogP contribution in [0.15, 0.2) is 28.9 Å². The summed E-state index contributed by atoms with van der Waals surface area (Å²) in [5, 5.41) is 10.8. The average Bonchev–Trinajstić information content (AvgIpc) is 2.59. The minimum Gasteiger partial charge on any atom is -0.497 e. The molecule has 2 rings (SSSR count). The molecule has 0 amide bonds. The molecular weight excluding hydrogens is 168 g/mol. The molecule has 1 aromatic heterocycles. The maximum Gasteiger partial charge on any atom is 0.137 e. The van der Waals surface area contributed by atoms with Crippen LogP contribution < -0.4 is 4.74 Å². The molecule has 1 aromatic carbocycles. The molecule has 0 spiro atoms. The predicted octanol–water partition coefficient (Wildman–Crippen LogP) is 1.93. The molecule has 0 bridgehead atoms. The van der Waals surface area contributed by atoms with Gasteiger partial charge in [-0.1, -0.05) is 0 Å². The lowest BCUT2D eigenvalue weighted by Gasteiger charge is -1.98. The van der Waals surface area contributed by atoms with Gasteiger partial charge < -0.3 is 14.3 Å². The van der Waals surface area contributed by atoms with Crippen molar-refractivity contribution in [1.82, 2.24) is 0 Å². The minimum absolute atomic E-state index is 0.0866. The number of ether oxygens (including phenoxy) is 1. The van der Waals surface area contributed by atoms with Crippen LogP contribution in [0.2, 0.25) is 0 Å². The summed E-state index contributed by atoms with van der Waals surface area (Å²) in [4.78, 5) is 0. The van der Waals surface area contributed by atoms with Crippen molar-refractivity contribution in [2.75, 3.05) is 7.11 Å². The quantitative estimate of drug-likeness (QED) is 0.764. The fourth-order valence-electron chi connectivity index (χ4n) is 1.33. The molecule has 0 saturated heterocycles. The van der Waals surface area contributed by atoms with Gasteiger partial charge >= 0.3 is 0 Å². The molecule has 0 atom stereocenters. The highest BCUT2D eigenvalue weighted by molar-refractivity contribution is 5.85. The number of benzene rings is 1. The molecule has 0 radical (unpaired) electrons. The van der Waals surface area contributed by atoms with E-state index in [9.17, 15) is 0 Å². The Morgan fingerprint density at radius 3 is 3.00 bits per heavy atom. The minimum atomic E-state index is -0.0866. The Balaban J connectivity index is 2.64. The topological polar surface area (TPSA) is 42.6 Å². The molecular formula is C10H10O3. The van der Waals surface area contributed by atoms with E-state index in [4.69, 9.17) is 14.3 Å². The van der Waals surface area contributed by atoms with Crippen molar-refractivity contribution in [3.8, 4) is 5.75 Å². The fourth-order valence-corrected chi connectivity index (χ4v) is 1.33. The van der Waals surface area contributed by atoms with Crippen LogP contribution in [0.5, 0.6) is 5.75 Å². The SMILES string of the molecule is COc1ccc2coc(CO)c2c1. The van der Waals surface area contributed by atoms with Crippen molar-refractivity contribution in [3.63, 3.8) is 0 Å². The van der Waals surface area contributed by atoms with Gasteiger partial charge in [0.05, 0.1) is 13.4 Å². The van der Waals surface area contributed by atoms with Gasteiger partial charge in [-0.15, -0.1) is 0 Å². The van der Waals surface area contributed by atoms with Crippen LogP contribution in [0.3, 0.4) is 0 Å². The van der Waals surface area contributed by atoms with Crippen LogP contribution in [0.25, 0.3) is 10.8 Å². The fraction of sp³-hybridized carbons (Fsp3) is 0.200. The normalized spacial score (nSPS) is 10.6. The maximum atomic E-state index is 8.95. The Kier molecular flexibility index (Phi) is 1.94. The summed E-state index contributed by atoms with van der Waals surface area (Å²) in [6.07, 6.45) is 1.63.